The van der Waals surface area contributed by atoms with Crippen LogP contribution in [0.3, 0.4) is 0 Å². The van der Waals surface area contributed by atoms with Crippen molar-refractivity contribution >= 4 is 5.97 Å². The average Bonchev–Trinajstić information content (AvgIpc) is 2.64. The molecule has 0 aromatic heterocycles. The third-order valence-electron chi connectivity index (χ3n) is 5.48. The van der Waals surface area contributed by atoms with Gasteiger partial charge in [-0.25, -0.2) is 0 Å². The monoisotopic (exact) mass is 384 g/mol. The number of hydrogen-bond acceptors (Lipinski definition) is 3. The van der Waals surface area contributed by atoms with Gasteiger partial charge in [0, 0.05) is 6.42 Å². The van der Waals surface area contributed by atoms with Gasteiger partial charge in [-0.05, 0) is 20.3 Å². The summed E-state index contributed by atoms with van der Waals surface area (Å²) >= 11 is 0. The lowest BCUT2D eigenvalue weighted by atomic mass is 10.0. The first-order valence-electron chi connectivity index (χ1n) is 12.0. The molecule has 0 aliphatic carbocycles. The van der Waals surface area contributed by atoms with E-state index in [4.69, 9.17) is 4.74 Å². The zero-order valence-corrected chi connectivity index (χ0v) is 18.6. The molecule has 1 N–H and O–H groups in total. The SMILES string of the molecule is CCCCCCCCCCCCCCCCCCCC(=O)OC(C)C(C)O. The molecule has 0 radical (unpaired) electrons. The molecule has 0 aromatic carbocycles. The van der Waals surface area contributed by atoms with Crippen LogP contribution in [0, 0.1) is 0 Å². The summed E-state index contributed by atoms with van der Waals surface area (Å²) in [5.74, 6) is -0.177. The second-order valence-corrected chi connectivity index (χ2v) is 8.34. The largest absolute Gasteiger partial charge is 0.460 e. The fourth-order valence-electron chi connectivity index (χ4n) is 3.36. The molecule has 3 nitrogen and oxygen atoms in total. The van der Waals surface area contributed by atoms with Crippen LogP contribution in [0.2, 0.25) is 0 Å². The molecule has 0 rings (SSSR count). The highest BCUT2D eigenvalue weighted by molar-refractivity contribution is 5.69. The summed E-state index contributed by atoms with van der Waals surface area (Å²) in [6.45, 7) is 5.66. The minimum Gasteiger partial charge on any atom is -0.460 e. The van der Waals surface area contributed by atoms with Crippen LogP contribution in [0.4, 0.5) is 0 Å². The van der Waals surface area contributed by atoms with Crippen LogP contribution in [0.1, 0.15) is 136 Å². The number of aliphatic hydroxyl groups is 1. The van der Waals surface area contributed by atoms with Gasteiger partial charge >= 0.3 is 5.97 Å². The van der Waals surface area contributed by atoms with E-state index in [1.165, 1.54) is 96.3 Å². The summed E-state index contributed by atoms with van der Waals surface area (Å²) in [5.41, 5.74) is 0. The molecule has 27 heavy (non-hydrogen) atoms. The van der Waals surface area contributed by atoms with Gasteiger partial charge in [-0.2, -0.15) is 0 Å². The van der Waals surface area contributed by atoms with E-state index in [-0.39, 0.29) is 5.97 Å². The number of aliphatic hydroxyl groups excluding tert-OH is 1. The molecule has 3 heteroatoms. The Bertz CT molecular complexity index is 315. The Kier molecular flexibility index (Phi) is 19.7. The maximum Gasteiger partial charge on any atom is 0.306 e. The second-order valence-electron chi connectivity index (χ2n) is 8.34. The first-order chi connectivity index (χ1) is 13.1. The lowest BCUT2D eigenvalue weighted by Crippen LogP contribution is -2.25. The van der Waals surface area contributed by atoms with Crippen molar-refractivity contribution in [1.82, 2.24) is 0 Å². The average molecular weight is 385 g/mol. The predicted octanol–water partition coefficient (Wildman–Crippen LogP) is 7.34. The minimum absolute atomic E-state index is 0.177. The van der Waals surface area contributed by atoms with Crippen molar-refractivity contribution < 1.29 is 14.6 Å². The second kappa shape index (κ2) is 20.2. The van der Waals surface area contributed by atoms with E-state index >= 15 is 0 Å². The lowest BCUT2D eigenvalue weighted by Gasteiger charge is -2.15. The summed E-state index contributed by atoms with van der Waals surface area (Å²) in [5, 5.41) is 9.31. The molecule has 0 aromatic rings. The first kappa shape index (κ1) is 26.4. The molecule has 0 saturated heterocycles. The van der Waals surface area contributed by atoms with Crippen molar-refractivity contribution in [3.8, 4) is 0 Å². The molecule has 162 valence electrons. The summed E-state index contributed by atoms with van der Waals surface area (Å²) < 4.78 is 5.15. The Hall–Kier alpha value is -0.570. The van der Waals surface area contributed by atoms with Gasteiger partial charge in [0.15, 0.2) is 0 Å². The molecular weight excluding hydrogens is 336 g/mol. The van der Waals surface area contributed by atoms with Crippen LogP contribution in [0.15, 0.2) is 0 Å². The van der Waals surface area contributed by atoms with Crippen molar-refractivity contribution in [2.24, 2.45) is 0 Å². The summed E-state index contributed by atoms with van der Waals surface area (Å²) in [4.78, 5) is 11.6. The standard InChI is InChI=1S/C24H48O3/c1-4-5-6-7-8-9-10-11-12-13-14-15-16-17-18-19-20-21-24(26)27-23(3)22(2)25/h22-23,25H,4-21H2,1-3H3. The van der Waals surface area contributed by atoms with Gasteiger partial charge in [-0.1, -0.05) is 110 Å². The summed E-state index contributed by atoms with van der Waals surface area (Å²) in [6, 6.07) is 0. The molecule has 0 saturated carbocycles. The molecule has 0 aliphatic heterocycles. The van der Waals surface area contributed by atoms with Gasteiger partial charge in [0.2, 0.25) is 0 Å². The number of ether oxygens (including phenoxy) is 1. The Balaban J connectivity index is 3.16. The highest BCUT2D eigenvalue weighted by Crippen LogP contribution is 2.14. The van der Waals surface area contributed by atoms with Crippen LogP contribution in [-0.4, -0.2) is 23.3 Å². The Labute approximate surface area is 169 Å². The fraction of sp³-hybridized carbons (Fsp3) is 0.958. The molecular formula is C24H48O3. The summed E-state index contributed by atoms with van der Waals surface area (Å²) in [6.07, 6.45) is 22.3. The van der Waals surface area contributed by atoms with Crippen LogP contribution in [-0.2, 0) is 9.53 Å². The van der Waals surface area contributed by atoms with E-state index in [0.717, 1.165) is 12.8 Å². The molecule has 2 atom stereocenters. The van der Waals surface area contributed by atoms with E-state index in [0.29, 0.717) is 6.42 Å². The van der Waals surface area contributed by atoms with E-state index in [2.05, 4.69) is 6.92 Å². The third-order valence-corrected chi connectivity index (χ3v) is 5.48. The van der Waals surface area contributed by atoms with E-state index in [1.807, 2.05) is 0 Å². The number of unbranched alkanes of at least 4 members (excludes halogenated alkanes) is 16. The number of carbonyl (C=O) groups excluding carboxylic acids is 1. The van der Waals surface area contributed by atoms with E-state index in [9.17, 15) is 9.90 Å². The topological polar surface area (TPSA) is 46.5 Å². The minimum atomic E-state index is -0.593. The number of rotatable bonds is 20. The Morgan fingerprint density at radius 2 is 1.00 bits per heavy atom. The molecule has 0 heterocycles. The molecule has 0 bridgehead atoms. The maximum atomic E-state index is 11.6. The quantitative estimate of drug-likeness (QED) is 0.176. The van der Waals surface area contributed by atoms with Crippen molar-refractivity contribution in [2.45, 2.75) is 149 Å². The van der Waals surface area contributed by atoms with E-state index < -0.39 is 12.2 Å². The van der Waals surface area contributed by atoms with Crippen LogP contribution in [0.25, 0.3) is 0 Å². The number of hydrogen-bond donors (Lipinski definition) is 1. The van der Waals surface area contributed by atoms with Crippen LogP contribution < -0.4 is 0 Å². The van der Waals surface area contributed by atoms with E-state index in [1.54, 1.807) is 13.8 Å². The van der Waals surface area contributed by atoms with Crippen LogP contribution in [0.5, 0.6) is 0 Å². The van der Waals surface area contributed by atoms with Crippen molar-refractivity contribution in [3.63, 3.8) is 0 Å². The smallest absolute Gasteiger partial charge is 0.306 e. The highest BCUT2D eigenvalue weighted by Gasteiger charge is 2.13. The van der Waals surface area contributed by atoms with Crippen molar-refractivity contribution in [3.05, 3.63) is 0 Å². The number of esters is 1. The predicted molar refractivity (Wildman–Crippen MR) is 116 cm³/mol. The van der Waals surface area contributed by atoms with Gasteiger partial charge in [0.1, 0.15) is 6.10 Å². The first-order valence-corrected chi connectivity index (χ1v) is 12.0. The highest BCUT2D eigenvalue weighted by atomic mass is 16.6. The molecule has 0 spiro atoms. The van der Waals surface area contributed by atoms with Crippen molar-refractivity contribution in [2.75, 3.05) is 0 Å². The van der Waals surface area contributed by atoms with Gasteiger partial charge < -0.3 is 9.84 Å². The van der Waals surface area contributed by atoms with Gasteiger partial charge in [-0.15, -0.1) is 0 Å². The third kappa shape index (κ3) is 20.0. The summed E-state index contributed by atoms with van der Waals surface area (Å²) in [7, 11) is 0. The van der Waals surface area contributed by atoms with Gasteiger partial charge in [-0.3, -0.25) is 4.79 Å². The lowest BCUT2D eigenvalue weighted by molar-refractivity contribution is -0.153. The maximum absolute atomic E-state index is 11.6. The van der Waals surface area contributed by atoms with Crippen molar-refractivity contribution in [1.29, 1.82) is 0 Å². The van der Waals surface area contributed by atoms with Gasteiger partial charge in [0.05, 0.1) is 6.10 Å². The zero-order valence-electron chi connectivity index (χ0n) is 18.6. The Morgan fingerprint density at radius 3 is 1.33 bits per heavy atom. The van der Waals surface area contributed by atoms with Crippen LogP contribution >= 0.6 is 0 Å². The normalized spacial score (nSPS) is 13.5. The Morgan fingerprint density at radius 1 is 0.667 bits per heavy atom. The molecule has 0 fully saturated rings. The molecule has 0 amide bonds. The molecule has 0 aliphatic rings. The molecule has 2 unspecified atom stereocenters. The van der Waals surface area contributed by atoms with Gasteiger partial charge in [0.25, 0.3) is 0 Å². The zero-order chi connectivity index (χ0) is 20.2. The fourth-order valence-corrected chi connectivity index (χ4v) is 3.36. The number of carbonyl (C=O) groups is 1.